The molecule has 1 amide bonds. The minimum atomic E-state index is -0.671. The molecule has 150 valence electrons. The molecule has 0 saturated carbocycles. The molecule has 0 aliphatic carbocycles. The van der Waals surface area contributed by atoms with Crippen LogP contribution in [0.3, 0.4) is 0 Å². The van der Waals surface area contributed by atoms with Crippen molar-refractivity contribution in [3.8, 4) is 0 Å². The van der Waals surface area contributed by atoms with Crippen LogP contribution >= 0.6 is 11.6 Å². The van der Waals surface area contributed by atoms with Crippen LogP contribution in [0.4, 0.5) is 4.79 Å². The summed E-state index contributed by atoms with van der Waals surface area (Å²) in [6, 6.07) is 24.9. The molecule has 1 fully saturated rings. The maximum atomic E-state index is 12.6. The summed E-state index contributed by atoms with van der Waals surface area (Å²) in [5.74, 6) is -0.0253. The summed E-state index contributed by atoms with van der Waals surface area (Å²) in [4.78, 5) is 14.3. The van der Waals surface area contributed by atoms with Gasteiger partial charge in [-0.25, -0.2) is 4.79 Å². The quantitative estimate of drug-likeness (QED) is 0.519. The fraction of sp³-hybridized carbons (Fsp3) is 0.292. The van der Waals surface area contributed by atoms with E-state index in [0.717, 1.165) is 11.1 Å². The van der Waals surface area contributed by atoms with Crippen LogP contribution in [-0.2, 0) is 9.47 Å². The number of carbonyl (C=O) groups is 1. The largest absolute Gasteiger partial charge is 0.430 e. The van der Waals surface area contributed by atoms with Crippen molar-refractivity contribution < 1.29 is 14.3 Å². The van der Waals surface area contributed by atoms with E-state index in [2.05, 4.69) is 42.5 Å². The molecule has 3 atom stereocenters. The van der Waals surface area contributed by atoms with Gasteiger partial charge in [-0.3, -0.25) is 0 Å². The number of amides is 1. The van der Waals surface area contributed by atoms with E-state index in [1.165, 1.54) is 10.8 Å². The molecular weight excluding hydrogens is 386 g/mol. The molecule has 2 unspecified atom stereocenters. The second-order valence-electron chi connectivity index (χ2n) is 7.29. The molecule has 0 bridgehead atoms. The van der Waals surface area contributed by atoms with E-state index >= 15 is 0 Å². The third kappa shape index (κ3) is 4.55. The maximum Gasteiger partial charge on any atom is 0.411 e. The van der Waals surface area contributed by atoms with Crippen molar-refractivity contribution in [1.82, 2.24) is 4.90 Å². The molecule has 5 heteroatoms. The van der Waals surface area contributed by atoms with Gasteiger partial charge in [-0.15, -0.1) is 0 Å². The van der Waals surface area contributed by atoms with E-state index in [4.69, 9.17) is 21.1 Å². The molecule has 1 heterocycles. The van der Waals surface area contributed by atoms with Crippen LogP contribution in [0.15, 0.2) is 72.8 Å². The number of fused-ring (bicyclic) bond motifs is 1. The minimum Gasteiger partial charge on any atom is -0.430 e. The molecular formula is C24H24ClNO3. The fourth-order valence-corrected chi connectivity index (χ4v) is 3.98. The lowest BCUT2D eigenvalue weighted by atomic mass is 9.87. The third-order valence-corrected chi connectivity index (χ3v) is 5.38. The highest BCUT2D eigenvalue weighted by molar-refractivity contribution is 6.19. The number of rotatable bonds is 3. The van der Waals surface area contributed by atoms with E-state index in [1.54, 1.807) is 11.8 Å². The highest BCUT2D eigenvalue weighted by Crippen LogP contribution is 2.37. The minimum absolute atomic E-state index is 0.0253. The summed E-state index contributed by atoms with van der Waals surface area (Å²) < 4.78 is 11.5. The van der Waals surface area contributed by atoms with E-state index in [1.807, 2.05) is 30.3 Å². The molecule has 1 aliphatic heterocycles. The van der Waals surface area contributed by atoms with Gasteiger partial charge in [0.25, 0.3) is 0 Å². The van der Waals surface area contributed by atoms with Crippen molar-refractivity contribution in [3.05, 3.63) is 83.9 Å². The molecule has 29 heavy (non-hydrogen) atoms. The summed E-state index contributed by atoms with van der Waals surface area (Å²) in [6.07, 6.45) is -0.556. The molecule has 4 rings (SSSR count). The van der Waals surface area contributed by atoms with Gasteiger partial charge in [0.1, 0.15) is 0 Å². The van der Waals surface area contributed by atoms with Crippen LogP contribution in [0.5, 0.6) is 0 Å². The van der Waals surface area contributed by atoms with Gasteiger partial charge in [0.15, 0.2) is 5.56 Å². The first-order valence-corrected chi connectivity index (χ1v) is 10.3. The lowest BCUT2D eigenvalue weighted by Crippen LogP contribution is -2.36. The predicted molar refractivity (Wildman–Crippen MR) is 115 cm³/mol. The molecule has 4 nitrogen and oxygen atoms in total. The first kappa shape index (κ1) is 19.7. The molecule has 0 spiro atoms. The lowest BCUT2D eigenvalue weighted by molar-refractivity contribution is 0.0496. The van der Waals surface area contributed by atoms with Gasteiger partial charge in [0.05, 0.1) is 12.7 Å². The van der Waals surface area contributed by atoms with Crippen LogP contribution in [-0.4, -0.2) is 36.3 Å². The Morgan fingerprint density at radius 1 is 1.03 bits per heavy atom. The zero-order valence-corrected chi connectivity index (χ0v) is 17.1. The van der Waals surface area contributed by atoms with Crippen LogP contribution in [0.25, 0.3) is 10.8 Å². The Labute approximate surface area is 176 Å². The molecule has 3 aromatic rings. The number of hydrogen-bond donors (Lipinski definition) is 0. The van der Waals surface area contributed by atoms with Gasteiger partial charge in [0.2, 0.25) is 0 Å². The van der Waals surface area contributed by atoms with Gasteiger partial charge in [-0.1, -0.05) is 84.4 Å². The zero-order chi connectivity index (χ0) is 20.2. The molecule has 0 radical (unpaired) electrons. The molecule has 1 aliphatic rings. The monoisotopic (exact) mass is 409 g/mol. The highest BCUT2D eigenvalue weighted by atomic mass is 35.5. The maximum absolute atomic E-state index is 12.6. The van der Waals surface area contributed by atoms with E-state index in [0.29, 0.717) is 19.7 Å². The SMILES string of the molecule is C[C@@H](Cl)OC(=O)N1CCOC(c2ccccc2)C(c2ccc3ccccc3c2)C1. The number of carbonyl (C=O) groups excluding carboxylic acids is 1. The number of benzene rings is 3. The summed E-state index contributed by atoms with van der Waals surface area (Å²) in [6.45, 7) is 3.05. The summed E-state index contributed by atoms with van der Waals surface area (Å²) >= 11 is 5.87. The Morgan fingerprint density at radius 3 is 2.52 bits per heavy atom. The van der Waals surface area contributed by atoms with Crippen molar-refractivity contribution in [2.24, 2.45) is 0 Å². The second-order valence-corrected chi connectivity index (χ2v) is 7.90. The van der Waals surface area contributed by atoms with Crippen molar-refractivity contribution in [2.45, 2.75) is 24.5 Å². The zero-order valence-electron chi connectivity index (χ0n) is 16.3. The lowest BCUT2D eigenvalue weighted by Gasteiger charge is -2.28. The standard InChI is InChI=1S/C24H24ClNO3/c1-17(25)29-24(27)26-13-14-28-23(19-8-3-2-4-9-19)22(16-26)21-12-11-18-7-5-6-10-20(18)15-21/h2-12,15,17,22-23H,13-14,16H2,1H3/t17-,22?,23?/m0/s1. The van der Waals surface area contributed by atoms with Gasteiger partial charge >= 0.3 is 6.09 Å². The van der Waals surface area contributed by atoms with E-state index in [-0.39, 0.29) is 12.0 Å². The van der Waals surface area contributed by atoms with Crippen molar-refractivity contribution in [2.75, 3.05) is 19.7 Å². The number of alkyl halides is 1. The van der Waals surface area contributed by atoms with E-state index < -0.39 is 11.7 Å². The van der Waals surface area contributed by atoms with Crippen molar-refractivity contribution in [1.29, 1.82) is 0 Å². The fourth-order valence-electron chi connectivity index (χ4n) is 3.90. The predicted octanol–water partition coefficient (Wildman–Crippen LogP) is 5.72. The number of hydrogen-bond acceptors (Lipinski definition) is 3. The second kappa shape index (κ2) is 8.85. The molecule has 1 saturated heterocycles. The molecule has 0 N–H and O–H groups in total. The first-order valence-electron chi connectivity index (χ1n) is 9.86. The van der Waals surface area contributed by atoms with E-state index in [9.17, 15) is 4.79 Å². The Morgan fingerprint density at radius 2 is 1.76 bits per heavy atom. The average molecular weight is 410 g/mol. The van der Waals surface area contributed by atoms with Crippen molar-refractivity contribution in [3.63, 3.8) is 0 Å². The topological polar surface area (TPSA) is 38.8 Å². The summed E-state index contributed by atoms with van der Waals surface area (Å²) in [5, 5.41) is 2.36. The smallest absolute Gasteiger partial charge is 0.411 e. The van der Waals surface area contributed by atoms with Gasteiger partial charge in [0, 0.05) is 19.0 Å². The summed E-state index contributed by atoms with van der Waals surface area (Å²) in [5.41, 5.74) is 1.57. The molecule has 3 aromatic carbocycles. The van der Waals surface area contributed by atoms with Gasteiger partial charge < -0.3 is 14.4 Å². The van der Waals surface area contributed by atoms with Crippen LogP contribution in [0.2, 0.25) is 0 Å². The normalized spacial score (nSPS) is 20.8. The Bertz CT molecular complexity index is 976. The Hall–Kier alpha value is -2.56. The Balaban J connectivity index is 1.72. The molecule has 0 aromatic heterocycles. The van der Waals surface area contributed by atoms with Crippen LogP contribution in [0, 0.1) is 0 Å². The number of nitrogens with zero attached hydrogens (tertiary/aromatic N) is 1. The number of ether oxygens (including phenoxy) is 2. The Kier molecular flexibility index (Phi) is 6.02. The van der Waals surface area contributed by atoms with Crippen LogP contribution < -0.4 is 0 Å². The average Bonchev–Trinajstić information content (AvgIpc) is 2.97. The highest BCUT2D eigenvalue weighted by Gasteiger charge is 2.33. The third-order valence-electron chi connectivity index (χ3n) is 5.29. The first-order chi connectivity index (χ1) is 14.1. The van der Waals surface area contributed by atoms with Gasteiger partial charge in [-0.2, -0.15) is 0 Å². The van der Waals surface area contributed by atoms with Crippen LogP contribution in [0.1, 0.15) is 30.1 Å². The number of halogens is 1. The van der Waals surface area contributed by atoms with Crippen molar-refractivity contribution >= 4 is 28.5 Å². The summed E-state index contributed by atoms with van der Waals surface area (Å²) in [7, 11) is 0. The van der Waals surface area contributed by atoms with Gasteiger partial charge in [-0.05, 0) is 28.8 Å².